The van der Waals surface area contributed by atoms with Gasteiger partial charge in [-0.3, -0.25) is 0 Å². The molecule has 0 amide bonds. The second-order valence-electron chi connectivity index (χ2n) is 5.86. The third-order valence-corrected chi connectivity index (χ3v) is 4.41. The number of hydrogen-bond acceptors (Lipinski definition) is 4. The lowest BCUT2D eigenvalue weighted by atomic mass is 9.94. The molecule has 1 saturated carbocycles. The normalized spacial score (nSPS) is 23.4. The van der Waals surface area contributed by atoms with Gasteiger partial charge in [-0.15, -0.1) is 0 Å². The van der Waals surface area contributed by atoms with E-state index in [1.54, 1.807) is 0 Å². The Balaban J connectivity index is 2.01. The second kappa shape index (κ2) is 4.25. The van der Waals surface area contributed by atoms with Gasteiger partial charge in [-0.2, -0.15) is 5.10 Å². The molecule has 2 heterocycles. The van der Waals surface area contributed by atoms with Crippen LogP contribution in [0.2, 0.25) is 0 Å². The number of rotatable bonds is 3. The molecule has 1 aromatic rings. The van der Waals surface area contributed by atoms with Crippen LogP contribution in [0.4, 0.5) is 5.82 Å². The van der Waals surface area contributed by atoms with Gasteiger partial charge in [0, 0.05) is 6.54 Å². The van der Waals surface area contributed by atoms with Crippen LogP contribution >= 0.6 is 0 Å². The van der Waals surface area contributed by atoms with Crippen molar-refractivity contribution in [1.82, 2.24) is 9.78 Å². The highest BCUT2D eigenvalue weighted by Gasteiger charge is 2.48. The van der Waals surface area contributed by atoms with Crippen molar-refractivity contribution in [2.45, 2.75) is 46.1 Å². The number of ether oxygens (including phenoxy) is 1. The number of fused-ring (bicyclic) bond motifs is 1. The highest BCUT2D eigenvalue weighted by molar-refractivity contribution is 5.96. The van der Waals surface area contributed by atoms with Gasteiger partial charge in [0.2, 0.25) is 0 Å². The molecule has 0 aromatic carbocycles. The Labute approximate surface area is 113 Å². The lowest BCUT2D eigenvalue weighted by Crippen LogP contribution is -2.29. The van der Waals surface area contributed by atoms with Crippen molar-refractivity contribution in [2.24, 2.45) is 5.41 Å². The fraction of sp³-hybridized carbons (Fsp3) is 0.714. The summed E-state index contributed by atoms with van der Waals surface area (Å²) >= 11 is 0. The first-order valence-electron chi connectivity index (χ1n) is 7.07. The first kappa shape index (κ1) is 12.5. The minimum atomic E-state index is -0.268. The van der Waals surface area contributed by atoms with Gasteiger partial charge in [0.15, 0.2) is 0 Å². The largest absolute Gasteiger partial charge is 0.462 e. The van der Waals surface area contributed by atoms with Crippen molar-refractivity contribution in [3.63, 3.8) is 0 Å². The third-order valence-electron chi connectivity index (χ3n) is 4.41. The van der Waals surface area contributed by atoms with Crippen molar-refractivity contribution >= 4 is 11.8 Å². The minimum Gasteiger partial charge on any atom is -0.462 e. The van der Waals surface area contributed by atoms with Gasteiger partial charge in [-0.25, -0.2) is 9.48 Å². The number of carbonyl (C=O) groups is 1. The number of carbonyl (C=O) groups excluding carboxylic acids is 1. The van der Waals surface area contributed by atoms with Crippen molar-refractivity contribution in [2.75, 3.05) is 18.5 Å². The zero-order valence-corrected chi connectivity index (χ0v) is 11.8. The second-order valence-corrected chi connectivity index (χ2v) is 5.86. The third kappa shape index (κ3) is 1.91. The van der Waals surface area contributed by atoms with E-state index in [1.807, 2.05) is 18.5 Å². The van der Waals surface area contributed by atoms with E-state index >= 15 is 0 Å². The summed E-state index contributed by atoms with van der Waals surface area (Å²) in [7, 11) is 0. The number of anilines is 1. The standard InChI is InChI=1S/C14H21N3O2/c1-4-19-13(18)11-9(2)16-17-10(14(3)6-7-14)5-8-15-12(11)17/h10,15H,4-8H2,1-3H3. The Morgan fingerprint density at radius 1 is 1.58 bits per heavy atom. The summed E-state index contributed by atoms with van der Waals surface area (Å²) in [6.45, 7) is 7.31. The van der Waals surface area contributed by atoms with Crippen molar-refractivity contribution in [3.8, 4) is 0 Å². The molecule has 104 valence electrons. The number of esters is 1. The van der Waals surface area contributed by atoms with Crippen LogP contribution in [-0.2, 0) is 4.74 Å². The van der Waals surface area contributed by atoms with E-state index in [4.69, 9.17) is 4.74 Å². The van der Waals surface area contributed by atoms with E-state index in [1.165, 1.54) is 12.8 Å². The Morgan fingerprint density at radius 2 is 2.32 bits per heavy atom. The number of nitrogens with one attached hydrogen (secondary N) is 1. The van der Waals surface area contributed by atoms with Gasteiger partial charge in [0.25, 0.3) is 0 Å². The van der Waals surface area contributed by atoms with E-state index in [0.717, 1.165) is 24.5 Å². The molecule has 1 N–H and O–H groups in total. The molecule has 3 rings (SSSR count). The average molecular weight is 263 g/mol. The molecule has 1 aromatic heterocycles. The predicted molar refractivity (Wildman–Crippen MR) is 72.4 cm³/mol. The lowest BCUT2D eigenvalue weighted by Gasteiger charge is -2.30. The molecule has 1 unspecified atom stereocenters. The van der Waals surface area contributed by atoms with Gasteiger partial charge < -0.3 is 10.1 Å². The number of aryl methyl sites for hydroxylation is 1. The monoisotopic (exact) mass is 263 g/mol. The summed E-state index contributed by atoms with van der Waals surface area (Å²) in [4.78, 5) is 12.1. The first-order chi connectivity index (χ1) is 9.07. The number of nitrogens with zero attached hydrogens (tertiary/aromatic N) is 2. The van der Waals surface area contributed by atoms with Crippen molar-refractivity contribution < 1.29 is 9.53 Å². The Kier molecular flexibility index (Phi) is 2.80. The molecule has 5 nitrogen and oxygen atoms in total. The maximum absolute atomic E-state index is 12.1. The van der Waals surface area contributed by atoms with E-state index in [-0.39, 0.29) is 5.97 Å². The summed E-state index contributed by atoms with van der Waals surface area (Å²) in [6, 6.07) is 0.408. The van der Waals surface area contributed by atoms with Crippen molar-refractivity contribution in [1.29, 1.82) is 0 Å². The van der Waals surface area contributed by atoms with Crippen LogP contribution in [0, 0.1) is 12.3 Å². The molecule has 1 fully saturated rings. The smallest absolute Gasteiger partial charge is 0.343 e. The van der Waals surface area contributed by atoms with Crippen LogP contribution in [0.15, 0.2) is 0 Å². The molecule has 19 heavy (non-hydrogen) atoms. The van der Waals surface area contributed by atoms with E-state index in [0.29, 0.717) is 23.6 Å². The van der Waals surface area contributed by atoms with Gasteiger partial charge in [0.05, 0.1) is 18.3 Å². The van der Waals surface area contributed by atoms with Crippen LogP contribution < -0.4 is 5.32 Å². The molecule has 0 radical (unpaired) electrons. The van der Waals surface area contributed by atoms with Crippen LogP contribution in [0.3, 0.4) is 0 Å². The predicted octanol–water partition coefficient (Wildman–Crippen LogP) is 2.53. The SMILES string of the molecule is CCOC(=O)c1c(C)nn2c1NCCC2C1(C)CC1. The summed E-state index contributed by atoms with van der Waals surface area (Å²) < 4.78 is 7.16. The van der Waals surface area contributed by atoms with Crippen LogP contribution in [0.1, 0.15) is 55.2 Å². The molecule has 0 saturated heterocycles. The fourth-order valence-corrected chi connectivity index (χ4v) is 3.01. The topological polar surface area (TPSA) is 56.1 Å². The Bertz CT molecular complexity index is 517. The summed E-state index contributed by atoms with van der Waals surface area (Å²) in [5.74, 6) is 0.579. The maximum atomic E-state index is 12.1. The quantitative estimate of drug-likeness (QED) is 0.851. The van der Waals surface area contributed by atoms with E-state index < -0.39 is 0 Å². The maximum Gasteiger partial charge on any atom is 0.343 e. The summed E-state index contributed by atoms with van der Waals surface area (Å²) in [6.07, 6.45) is 3.59. The first-order valence-corrected chi connectivity index (χ1v) is 7.07. The Hall–Kier alpha value is -1.52. The Morgan fingerprint density at radius 3 is 2.95 bits per heavy atom. The highest BCUT2D eigenvalue weighted by atomic mass is 16.5. The molecule has 5 heteroatoms. The molecule has 2 aliphatic rings. The minimum absolute atomic E-state index is 0.268. The number of aromatic nitrogens is 2. The lowest BCUT2D eigenvalue weighted by molar-refractivity contribution is 0.0526. The van der Waals surface area contributed by atoms with Gasteiger partial charge >= 0.3 is 5.97 Å². The highest BCUT2D eigenvalue weighted by Crippen LogP contribution is 2.56. The molecular formula is C14H21N3O2. The number of hydrogen-bond donors (Lipinski definition) is 1. The zero-order chi connectivity index (χ0) is 13.6. The van der Waals surface area contributed by atoms with Crippen molar-refractivity contribution in [3.05, 3.63) is 11.3 Å². The molecule has 0 spiro atoms. The van der Waals surface area contributed by atoms with Gasteiger partial charge in [0.1, 0.15) is 11.4 Å². The van der Waals surface area contributed by atoms with Crippen LogP contribution in [-0.4, -0.2) is 28.9 Å². The van der Waals surface area contributed by atoms with Gasteiger partial charge in [-0.1, -0.05) is 6.92 Å². The van der Waals surface area contributed by atoms with E-state index in [2.05, 4.69) is 17.3 Å². The molecule has 1 aliphatic heterocycles. The van der Waals surface area contributed by atoms with E-state index in [9.17, 15) is 4.79 Å². The molecule has 1 atom stereocenters. The van der Waals surface area contributed by atoms with Crippen LogP contribution in [0.5, 0.6) is 0 Å². The molecule has 0 bridgehead atoms. The molecule has 1 aliphatic carbocycles. The van der Waals surface area contributed by atoms with Crippen LogP contribution in [0.25, 0.3) is 0 Å². The zero-order valence-electron chi connectivity index (χ0n) is 11.8. The van der Waals surface area contributed by atoms with Gasteiger partial charge in [-0.05, 0) is 38.5 Å². The summed E-state index contributed by atoms with van der Waals surface area (Å²) in [5, 5.41) is 7.92. The fourth-order valence-electron chi connectivity index (χ4n) is 3.01. The summed E-state index contributed by atoms with van der Waals surface area (Å²) in [5.41, 5.74) is 1.73. The average Bonchev–Trinajstić information content (AvgIpc) is 3.02. The molecular weight excluding hydrogens is 242 g/mol.